The Morgan fingerprint density at radius 1 is 1.38 bits per heavy atom. The second kappa shape index (κ2) is 6.05. The summed E-state index contributed by atoms with van der Waals surface area (Å²) < 4.78 is 27.8. The lowest BCUT2D eigenvalue weighted by Gasteiger charge is -2.18. The normalized spacial score (nSPS) is 21.7. The largest absolute Gasteiger partial charge is 0.326 e. The van der Waals surface area contributed by atoms with Crippen LogP contribution in [0.25, 0.3) is 0 Å². The van der Waals surface area contributed by atoms with Gasteiger partial charge in [-0.15, -0.1) is 0 Å². The summed E-state index contributed by atoms with van der Waals surface area (Å²) in [5.74, 6) is 0. The Kier molecular flexibility index (Phi) is 4.90. The summed E-state index contributed by atoms with van der Waals surface area (Å²) in [4.78, 5) is 0.0405. The van der Waals surface area contributed by atoms with Crippen molar-refractivity contribution in [3.63, 3.8) is 0 Å². The van der Waals surface area contributed by atoms with E-state index < -0.39 is 10.0 Å². The van der Waals surface area contributed by atoms with Crippen LogP contribution in [-0.4, -0.2) is 14.5 Å². The second-order valence-electron chi connectivity index (χ2n) is 6.27. The highest BCUT2D eigenvalue weighted by atomic mass is 35.5. The fraction of sp³-hybridized carbons (Fsp3) is 0.571. The first-order chi connectivity index (χ1) is 9.66. The minimum absolute atomic E-state index is 0.0405. The molecule has 118 valence electrons. The van der Waals surface area contributed by atoms with Crippen molar-refractivity contribution in [2.75, 3.05) is 0 Å². The zero-order valence-corrected chi connectivity index (χ0v) is 14.4. The van der Waals surface area contributed by atoms with Crippen molar-refractivity contribution < 1.29 is 8.42 Å². The van der Waals surface area contributed by atoms with E-state index in [2.05, 4.69) is 18.6 Å². The van der Waals surface area contributed by atoms with Crippen molar-refractivity contribution in [1.29, 1.82) is 0 Å². The Hall–Kier alpha value is -0.330. The van der Waals surface area contributed by atoms with Crippen molar-refractivity contribution in [3.8, 4) is 0 Å². The Morgan fingerprint density at radius 2 is 2.05 bits per heavy atom. The van der Waals surface area contributed by atoms with E-state index in [1.165, 1.54) is 12.1 Å². The van der Waals surface area contributed by atoms with E-state index >= 15 is 0 Å². The molecule has 7 heteroatoms. The Bertz CT molecular complexity index is 645. The highest BCUT2D eigenvalue weighted by Crippen LogP contribution is 2.38. The van der Waals surface area contributed by atoms with E-state index in [1.54, 1.807) is 0 Å². The summed E-state index contributed by atoms with van der Waals surface area (Å²) >= 11 is 12.1. The Morgan fingerprint density at radius 3 is 2.57 bits per heavy atom. The Labute approximate surface area is 136 Å². The number of hydrogen-bond donors (Lipinski definition) is 2. The molecule has 1 atom stereocenters. The van der Waals surface area contributed by atoms with E-state index in [0.29, 0.717) is 10.6 Å². The molecule has 21 heavy (non-hydrogen) atoms. The number of hydrogen-bond acceptors (Lipinski definition) is 3. The van der Waals surface area contributed by atoms with Crippen molar-refractivity contribution in [2.45, 2.75) is 50.6 Å². The van der Waals surface area contributed by atoms with Gasteiger partial charge in [-0.1, -0.05) is 37.0 Å². The maximum atomic E-state index is 12.5. The van der Waals surface area contributed by atoms with Gasteiger partial charge in [-0.25, -0.2) is 13.1 Å². The molecular weight excluding hydrogens is 331 g/mol. The van der Waals surface area contributed by atoms with E-state index in [4.69, 9.17) is 28.9 Å². The monoisotopic (exact) mass is 350 g/mol. The van der Waals surface area contributed by atoms with Gasteiger partial charge in [0.25, 0.3) is 0 Å². The lowest BCUT2D eigenvalue weighted by molar-refractivity contribution is 0.372. The Balaban J connectivity index is 2.29. The van der Waals surface area contributed by atoms with Gasteiger partial charge < -0.3 is 5.73 Å². The van der Waals surface area contributed by atoms with Crippen LogP contribution >= 0.6 is 23.2 Å². The number of halogens is 2. The zero-order chi connectivity index (χ0) is 15.8. The fourth-order valence-electron chi connectivity index (χ4n) is 2.79. The van der Waals surface area contributed by atoms with Gasteiger partial charge in [-0.2, -0.15) is 0 Å². The van der Waals surface area contributed by atoms with Crippen LogP contribution in [0.5, 0.6) is 0 Å². The summed E-state index contributed by atoms with van der Waals surface area (Å²) in [6, 6.07) is 2.88. The minimum Gasteiger partial charge on any atom is -0.326 e. The predicted molar refractivity (Wildman–Crippen MR) is 86.1 cm³/mol. The SMILES string of the molecule is CC1(C)CCC(NS(=O)(=O)c2ccc(Cl)c(CN)c2Cl)C1. The van der Waals surface area contributed by atoms with Crippen LogP contribution in [0.3, 0.4) is 0 Å². The third kappa shape index (κ3) is 3.71. The molecule has 1 unspecified atom stereocenters. The maximum Gasteiger partial charge on any atom is 0.242 e. The van der Waals surface area contributed by atoms with Crippen molar-refractivity contribution in [1.82, 2.24) is 4.72 Å². The first-order valence-corrected chi connectivity index (χ1v) is 9.09. The molecule has 1 aliphatic rings. The van der Waals surface area contributed by atoms with Gasteiger partial charge in [-0.3, -0.25) is 0 Å². The molecule has 0 saturated heterocycles. The third-order valence-electron chi connectivity index (χ3n) is 3.93. The van der Waals surface area contributed by atoms with Gasteiger partial charge in [0.2, 0.25) is 10.0 Å². The minimum atomic E-state index is -3.67. The van der Waals surface area contributed by atoms with Gasteiger partial charge in [0, 0.05) is 23.2 Å². The highest BCUT2D eigenvalue weighted by molar-refractivity contribution is 7.89. The van der Waals surface area contributed by atoms with Crippen LogP contribution in [0.4, 0.5) is 0 Å². The van der Waals surface area contributed by atoms with Crippen LogP contribution in [0.1, 0.15) is 38.7 Å². The average Bonchev–Trinajstić information content (AvgIpc) is 2.68. The molecule has 3 N–H and O–H groups in total. The number of rotatable bonds is 4. The van der Waals surface area contributed by atoms with Crippen LogP contribution in [0.2, 0.25) is 10.0 Å². The van der Waals surface area contributed by atoms with Crippen LogP contribution in [0.15, 0.2) is 17.0 Å². The standard InChI is InChI=1S/C14H20Cl2N2O2S/c1-14(2)6-5-9(7-14)18-21(19,20)12-4-3-11(15)10(8-17)13(12)16/h3-4,9,18H,5-8,17H2,1-2H3. The fourth-order valence-corrected chi connectivity index (χ4v) is 4.99. The van der Waals surface area contributed by atoms with E-state index in [0.717, 1.165) is 19.3 Å². The van der Waals surface area contributed by atoms with E-state index in [-0.39, 0.29) is 27.9 Å². The topological polar surface area (TPSA) is 72.2 Å². The maximum absolute atomic E-state index is 12.5. The number of sulfonamides is 1. The molecule has 0 spiro atoms. The van der Waals surface area contributed by atoms with Gasteiger partial charge in [-0.05, 0) is 36.8 Å². The van der Waals surface area contributed by atoms with E-state index in [1.807, 2.05) is 0 Å². The third-order valence-corrected chi connectivity index (χ3v) is 6.40. The molecule has 1 aromatic carbocycles. The summed E-state index contributed by atoms with van der Waals surface area (Å²) in [7, 11) is -3.67. The molecule has 1 aliphatic carbocycles. The molecule has 0 amide bonds. The second-order valence-corrected chi connectivity index (χ2v) is 8.73. The molecule has 0 aliphatic heterocycles. The van der Waals surface area contributed by atoms with Gasteiger partial charge in [0.15, 0.2) is 0 Å². The van der Waals surface area contributed by atoms with Crippen LogP contribution < -0.4 is 10.5 Å². The molecule has 0 heterocycles. The summed E-state index contributed by atoms with van der Waals surface area (Å²) in [5.41, 5.74) is 6.20. The lowest BCUT2D eigenvalue weighted by Crippen LogP contribution is -2.33. The van der Waals surface area contributed by atoms with Crippen molar-refractivity contribution >= 4 is 33.2 Å². The molecule has 4 nitrogen and oxygen atoms in total. The number of benzene rings is 1. The summed E-state index contributed by atoms with van der Waals surface area (Å²) in [6.07, 6.45) is 2.66. The molecule has 0 bridgehead atoms. The highest BCUT2D eigenvalue weighted by Gasteiger charge is 2.34. The molecule has 0 radical (unpaired) electrons. The summed E-state index contributed by atoms with van der Waals surface area (Å²) in [5, 5.41) is 0.484. The first kappa shape index (κ1) is 17.0. The van der Waals surface area contributed by atoms with Crippen LogP contribution in [-0.2, 0) is 16.6 Å². The van der Waals surface area contributed by atoms with Crippen LogP contribution in [0, 0.1) is 5.41 Å². The smallest absolute Gasteiger partial charge is 0.242 e. The van der Waals surface area contributed by atoms with E-state index in [9.17, 15) is 8.42 Å². The molecule has 0 aromatic heterocycles. The molecule has 1 aromatic rings. The first-order valence-electron chi connectivity index (χ1n) is 6.85. The molecular formula is C14H20Cl2N2O2S. The number of nitrogens with one attached hydrogen (secondary N) is 1. The lowest BCUT2D eigenvalue weighted by atomic mass is 9.92. The van der Waals surface area contributed by atoms with Gasteiger partial charge >= 0.3 is 0 Å². The van der Waals surface area contributed by atoms with Gasteiger partial charge in [0.1, 0.15) is 4.90 Å². The quantitative estimate of drug-likeness (QED) is 0.874. The van der Waals surface area contributed by atoms with Crippen molar-refractivity contribution in [2.24, 2.45) is 11.1 Å². The average molecular weight is 351 g/mol. The zero-order valence-electron chi connectivity index (χ0n) is 12.1. The molecule has 1 saturated carbocycles. The van der Waals surface area contributed by atoms with Crippen molar-refractivity contribution in [3.05, 3.63) is 27.7 Å². The summed E-state index contributed by atoms with van der Waals surface area (Å²) in [6.45, 7) is 4.38. The number of nitrogens with two attached hydrogens (primary N) is 1. The van der Waals surface area contributed by atoms with Gasteiger partial charge in [0.05, 0.1) is 5.02 Å². The molecule has 1 fully saturated rings. The predicted octanol–water partition coefficient (Wildman–Crippen LogP) is 3.31. The molecule has 2 rings (SSSR count).